The molecule has 24 heteroatoms. The van der Waals surface area contributed by atoms with Crippen molar-refractivity contribution in [3.63, 3.8) is 0 Å². The highest BCUT2D eigenvalue weighted by Gasteiger charge is 2.37. The Labute approximate surface area is 594 Å². The monoisotopic (exact) mass is 1400 g/mol. The van der Waals surface area contributed by atoms with Crippen LogP contribution in [-0.4, -0.2) is 288 Å². The molecule has 0 aromatic heterocycles. The SMILES string of the molecule is CN(C)c1ccc(C(C#N)(c2ccc(N(CCOCCOCCOCCOCCOCCOCCOCCOCCOCCO)Cc3ccccc3)cc2)c2ccc(N(CCOCCOCCOCCOCCOCCOCCOCCOCCOCCO)Cc3ccccc3)cc2)cc1. The zero-order valence-electron chi connectivity index (χ0n) is 59.4. The zero-order valence-corrected chi connectivity index (χ0v) is 59.4. The summed E-state index contributed by atoms with van der Waals surface area (Å²) in [6.45, 7) is 19.2. The summed E-state index contributed by atoms with van der Waals surface area (Å²) in [5.41, 5.74) is 6.87. The van der Waals surface area contributed by atoms with Gasteiger partial charge in [-0.25, -0.2) is 0 Å². The topological polar surface area (TPSA) is 240 Å². The molecule has 0 aliphatic heterocycles. The second kappa shape index (κ2) is 58.7. The van der Waals surface area contributed by atoms with E-state index in [2.05, 4.69) is 142 Å². The van der Waals surface area contributed by atoms with E-state index in [1.54, 1.807) is 0 Å². The first-order valence-electron chi connectivity index (χ1n) is 35.1. The van der Waals surface area contributed by atoms with Gasteiger partial charge in [0.25, 0.3) is 0 Å². The Kier molecular flexibility index (Phi) is 49.8. The maximum atomic E-state index is 11.6. The molecular weight excluding hydrogens is 1290 g/mol. The summed E-state index contributed by atoms with van der Waals surface area (Å²) >= 11 is 0. The van der Waals surface area contributed by atoms with Crippen LogP contribution >= 0.6 is 0 Å². The first kappa shape index (κ1) is 84.8. The van der Waals surface area contributed by atoms with Crippen molar-refractivity contribution in [2.75, 3.05) is 293 Å². The minimum absolute atomic E-state index is 0.0107. The molecule has 0 saturated heterocycles. The van der Waals surface area contributed by atoms with Crippen molar-refractivity contribution < 1.29 is 95.5 Å². The third-order valence-electron chi connectivity index (χ3n) is 15.2. The number of aliphatic hydroxyl groups is 2. The lowest BCUT2D eigenvalue weighted by molar-refractivity contribution is -0.0254. The van der Waals surface area contributed by atoms with E-state index in [1.807, 2.05) is 26.2 Å². The number of nitrogens with zero attached hydrogens (tertiary/aromatic N) is 4. The number of benzene rings is 5. The molecule has 24 nitrogen and oxygen atoms in total. The van der Waals surface area contributed by atoms with Crippen molar-refractivity contribution in [1.82, 2.24) is 0 Å². The molecule has 0 aliphatic rings. The molecule has 558 valence electrons. The summed E-state index contributed by atoms with van der Waals surface area (Å²) in [5.74, 6) is 0. The smallest absolute Gasteiger partial charge is 0.132 e. The van der Waals surface area contributed by atoms with Crippen LogP contribution in [0.15, 0.2) is 133 Å². The van der Waals surface area contributed by atoms with Crippen LogP contribution in [0, 0.1) is 11.3 Å². The molecule has 2 N–H and O–H groups in total. The number of hydrogen-bond acceptors (Lipinski definition) is 24. The average molecular weight is 1400 g/mol. The van der Waals surface area contributed by atoms with Gasteiger partial charge in [-0.2, -0.15) is 5.26 Å². The van der Waals surface area contributed by atoms with Gasteiger partial charge < -0.3 is 110 Å². The molecule has 0 radical (unpaired) electrons. The summed E-state index contributed by atoms with van der Waals surface area (Å²) in [7, 11) is 4.03. The van der Waals surface area contributed by atoms with E-state index in [-0.39, 0.29) is 13.2 Å². The zero-order chi connectivity index (χ0) is 70.5. The van der Waals surface area contributed by atoms with Gasteiger partial charge in [-0.15, -0.1) is 0 Å². The Bertz CT molecular complexity index is 2540. The van der Waals surface area contributed by atoms with Gasteiger partial charge in [0, 0.05) is 57.3 Å². The standard InChI is InChI=1S/C76H114N4O20/c1-78(2)73-19-13-70(14-20-73)76(67-77,71-15-21-74(22-16-71)79(65-68-9-5-3-6-10-68)25-29-83-33-37-87-41-45-91-49-53-95-57-61-99-63-59-97-55-51-93-47-43-89-39-35-85-31-27-81)72-17-23-75(24-18-72)80(66-69-11-7-4-8-12-69)26-30-84-34-38-88-42-46-92-50-54-96-58-62-100-64-60-98-56-52-94-48-44-90-40-36-86-32-28-82/h3-24,81-82H,25-66H2,1-2H3. The molecule has 0 aliphatic carbocycles. The van der Waals surface area contributed by atoms with Crippen molar-refractivity contribution >= 4 is 17.1 Å². The van der Waals surface area contributed by atoms with Crippen LogP contribution in [0.5, 0.6) is 0 Å². The van der Waals surface area contributed by atoms with Crippen LogP contribution < -0.4 is 14.7 Å². The van der Waals surface area contributed by atoms with Gasteiger partial charge in [-0.05, 0) is 64.2 Å². The largest absolute Gasteiger partial charge is 0.394 e. The van der Waals surface area contributed by atoms with Crippen LogP contribution in [0.1, 0.15) is 27.8 Å². The molecule has 0 unspecified atom stereocenters. The predicted molar refractivity (Wildman–Crippen MR) is 383 cm³/mol. The van der Waals surface area contributed by atoms with Gasteiger partial charge in [0.1, 0.15) is 5.41 Å². The molecular formula is C76H114N4O20. The predicted octanol–water partition coefficient (Wildman–Crippen LogP) is 6.91. The molecule has 0 amide bonds. The van der Waals surface area contributed by atoms with Crippen molar-refractivity contribution in [1.29, 1.82) is 5.26 Å². The highest BCUT2D eigenvalue weighted by molar-refractivity contribution is 5.63. The third-order valence-corrected chi connectivity index (χ3v) is 15.2. The molecule has 100 heavy (non-hydrogen) atoms. The number of ether oxygens (including phenoxy) is 18. The van der Waals surface area contributed by atoms with Crippen LogP contribution in [0.4, 0.5) is 17.1 Å². The van der Waals surface area contributed by atoms with Gasteiger partial charge in [-0.1, -0.05) is 97.1 Å². The molecule has 0 atom stereocenters. The number of aliphatic hydroxyl groups excluding tert-OH is 2. The van der Waals surface area contributed by atoms with Crippen LogP contribution in [0.25, 0.3) is 0 Å². The Morgan fingerprint density at radius 2 is 0.470 bits per heavy atom. The summed E-state index contributed by atoms with van der Waals surface area (Å²) in [4.78, 5) is 6.67. The number of nitriles is 1. The molecule has 0 heterocycles. The van der Waals surface area contributed by atoms with Crippen molar-refractivity contribution in [3.05, 3.63) is 161 Å². The minimum atomic E-state index is -1.14. The fourth-order valence-corrected chi connectivity index (χ4v) is 9.96. The van der Waals surface area contributed by atoms with Gasteiger partial charge in [0.15, 0.2) is 0 Å². The Morgan fingerprint density at radius 3 is 0.670 bits per heavy atom. The first-order chi connectivity index (χ1) is 49.5. The lowest BCUT2D eigenvalue weighted by Crippen LogP contribution is -2.30. The van der Waals surface area contributed by atoms with Crippen LogP contribution in [0.3, 0.4) is 0 Å². The van der Waals surface area contributed by atoms with Crippen molar-refractivity contribution in [2.45, 2.75) is 18.5 Å². The molecule has 0 spiro atoms. The number of hydrogen-bond donors (Lipinski definition) is 2. The van der Waals surface area contributed by atoms with Gasteiger partial charge in [0.05, 0.1) is 257 Å². The normalized spacial score (nSPS) is 11.6. The molecule has 5 aromatic carbocycles. The first-order valence-corrected chi connectivity index (χ1v) is 35.1. The van der Waals surface area contributed by atoms with E-state index in [1.165, 1.54) is 11.1 Å². The van der Waals surface area contributed by atoms with Crippen molar-refractivity contribution in [3.8, 4) is 6.07 Å². The van der Waals surface area contributed by atoms with Gasteiger partial charge in [-0.3, -0.25) is 0 Å². The molecule has 5 rings (SSSR count). The van der Waals surface area contributed by atoms with E-state index in [4.69, 9.17) is 95.5 Å². The Morgan fingerprint density at radius 1 is 0.270 bits per heavy atom. The fourth-order valence-electron chi connectivity index (χ4n) is 9.96. The van der Waals surface area contributed by atoms with E-state index in [9.17, 15) is 5.26 Å². The lowest BCUT2D eigenvalue weighted by Gasteiger charge is -2.31. The number of anilines is 3. The van der Waals surface area contributed by atoms with E-state index >= 15 is 0 Å². The second-order valence-corrected chi connectivity index (χ2v) is 22.7. The average Bonchev–Trinajstić information content (AvgIpc) is 0.754. The molecule has 0 bridgehead atoms. The van der Waals surface area contributed by atoms with E-state index in [0.29, 0.717) is 264 Å². The molecule has 5 aromatic rings. The van der Waals surface area contributed by atoms with Crippen LogP contribution in [-0.2, 0) is 104 Å². The minimum Gasteiger partial charge on any atom is -0.394 e. The maximum absolute atomic E-state index is 11.6. The molecule has 0 fully saturated rings. The van der Waals surface area contributed by atoms with E-state index in [0.717, 1.165) is 33.8 Å². The number of rotatable bonds is 68. The van der Waals surface area contributed by atoms with Gasteiger partial charge in [0.2, 0.25) is 0 Å². The summed E-state index contributed by atoms with van der Waals surface area (Å²) in [6, 6.07) is 48.7. The second-order valence-electron chi connectivity index (χ2n) is 22.7. The molecule has 0 saturated carbocycles. The lowest BCUT2D eigenvalue weighted by atomic mass is 9.70. The summed E-state index contributed by atoms with van der Waals surface area (Å²) < 4.78 is 101. The van der Waals surface area contributed by atoms with Crippen molar-refractivity contribution in [2.24, 2.45) is 0 Å². The van der Waals surface area contributed by atoms with Crippen LogP contribution in [0.2, 0.25) is 0 Å². The highest BCUT2D eigenvalue weighted by Crippen LogP contribution is 2.41. The summed E-state index contributed by atoms with van der Waals surface area (Å²) in [5, 5.41) is 29.0. The van der Waals surface area contributed by atoms with E-state index < -0.39 is 5.41 Å². The fraction of sp³-hybridized carbons (Fsp3) is 0.592. The Balaban J connectivity index is 1.00. The maximum Gasteiger partial charge on any atom is 0.132 e. The quantitative estimate of drug-likeness (QED) is 0.0297. The third kappa shape index (κ3) is 38.5. The Hall–Kier alpha value is -5.81. The highest BCUT2D eigenvalue weighted by atomic mass is 16.6. The van der Waals surface area contributed by atoms with Gasteiger partial charge >= 0.3 is 0 Å². The summed E-state index contributed by atoms with van der Waals surface area (Å²) in [6.07, 6.45) is 0.